The third kappa shape index (κ3) is 5.18. The summed E-state index contributed by atoms with van der Waals surface area (Å²) < 4.78 is 0. The van der Waals surface area contributed by atoms with Crippen molar-refractivity contribution in [2.75, 3.05) is 23.7 Å². The van der Waals surface area contributed by atoms with Gasteiger partial charge >= 0.3 is 0 Å². The van der Waals surface area contributed by atoms with E-state index in [0.717, 1.165) is 0 Å². The van der Waals surface area contributed by atoms with Gasteiger partial charge in [0.1, 0.15) is 11.6 Å². The smallest absolute Gasteiger partial charge is 0.232 e. The number of carbonyl (C=O) groups excluding carboxylic acids is 2. The first-order valence-corrected chi connectivity index (χ1v) is 8.36. The Kier molecular flexibility index (Phi) is 6.75. The van der Waals surface area contributed by atoms with Gasteiger partial charge in [-0.25, -0.2) is 19.9 Å². The molecule has 2 aromatic heterocycles. The van der Waals surface area contributed by atoms with E-state index in [1.54, 1.807) is 38.6 Å². The van der Waals surface area contributed by atoms with Crippen LogP contribution in [0.2, 0.25) is 0 Å². The second-order valence-electron chi connectivity index (χ2n) is 6.42. The van der Waals surface area contributed by atoms with Crippen molar-refractivity contribution in [1.82, 2.24) is 25.3 Å². The van der Waals surface area contributed by atoms with Crippen molar-refractivity contribution >= 4 is 35.6 Å². The fourth-order valence-corrected chi connectivity index (χ4v) is 2.86. The van der Waals surface area contributed by atoms with Crippen LogP contribution >= 0.6 is 12.4 Å². The third-order valence-electron chi connectivity index (χ3n) is 4.33. The van der Waals surface area contributed by atoms with Gasteiger partial charge in [0.15, 0.2) is 0 Å². The number of aromatic nitrogens is 4. The highest BCUT2D eigenvalue weighted by Gasteiger charge is 2.43. The Bertz CT molecular complexity index is 790. The fourth-order valence-electron chi connectivity index (χ4n) is 2.86. The lowest BCUT2D eigenvalue weighted by atomic mass is 9.82. The largest absolute Gasteiger partial charge is 0.323 e. The quantitative estimate of drug-likeness (QED) is 0.701. The highest BCUT2D eigenvalue weighted by Crippen LogP contribution is 2.31. The Morgan fingerprint density at radius 1 is 1.00 bits per heavy atom. The maximum absolute atomic E-state index is 12.8. The van der Waals surface area contributed by atoms with Gasteiger partial charge in [-0.05, 0) is 26.8 Å². The molecule has 1 atom stereocenters. The highest BCUT2D eigenvalue weighted by molar-refractivity contribution is 6.00. The van der Waals surface area contributed by atoms with Gasteiger partial charge in [0.2, 0.25) is 11.8 Å². The molecule has 3 N–H and O–H groups in total. The molecule has 0 bridgehead atoms. The molecular formula is C17H22ClN7O2. The molecule has 0 aliphatic carbocycles. The summed E-state index contributed by atoms with van der Waals surface area (Å²) in [6.45, 7) is 4.65. The highest BCUT2D eigenvalue weighted by atomic mass is 35.5. The molecule has 3 rings (SSSR count). The Morgan fingerprint density at radius 2 is 1.52 bits per heavy atom. The van der Waals surface area contributed by atoms with E-state index in [9.17, 15) is 9.59 Å². The van der Waals surface area contributed by atoms with Crippen molar-refractivity contribution in [3.8, 4) is 0 Å². The van der Waals surface area contributed by atoms with Crippen molar-refractivity contribution in [2.45, 2.75) is 26.7 Å². The molecule has 1 aliphatic heterocycles. The van der Waals surface area contributed by atoms with Crippen LogP contribution in [-0.2, 0) is 9.59 Å². The molecule has 0 radical (unpaired) electrons. The van der Waals surface area contributed by atoms with Gasteiger partial charge < -0.3 is 16.0 Å². The Hall–Kier alpha value is -2.65. The Labute approximate surface area is 163 Å². The molecule has 3 heterocycles. The zero-order chi connectivity index (χ0) is 18.6. The average molecular weight is 392 g/mol. The minimum absolute atomic E-state index is 0. The van der Waals surface area contributed by atoms with E-state index >= 15 is 0 Å². The second-order valence-corrected chi connectivity index (χ2v) is 6.42. The minimum Gasteiger partial charge on any atom is -0.323 e. The lowest BCUT2D eigenvalue weighted by molar-refractivity contribution is -0.129. The monoisotopic (exact) mass is 391 g/mol. The lowest BCUT2D eigenvalue weighted by Crippen LogP contribution is -2.41. The summed E-state index contributed by atoms with van der Waals surface area (Å²) in [5, 5.41) is 8.74. The van der Waals surface area contributed by atoms with Crippen molar-refractivity contribution in [2.24, 2.45) is 5.41 Å². The minimum atomic E-state index is -0.819. The summed E-state index contributed by atoms with van der Waals surface area (Å²) in [5.74, 6) is 0.779. The molecule has 10 heteroatoms. The van der Waals surface area contributed by atoms with Crippen LogP contribution in [0.3, 0.4) is 0 Å². The van der Waals surface area contributed by atoms with Crippen LogP contribution in [0.5, 0.6) is 0 Å². The molecular weight excluding hydrogens is 370 g/mol. The van der Waals surface area contributed by atoms with Gasteiger partial charge in [0.05, 0.1) is 41.6 Å². The second kappa shape index (κ2) is 8.83. The van der Waals surface area contributed by atoms with E-state index < -0.39 is 5.41 Å². The molecule has 1 saturated heterocycles. The van der Waals surface area contributed by atoms with Crippen LogP contribution in [0.15, 0.2) is 24.8 Å². The molecule has 1 aliphatic rings. The maximum atomic E-state index is 12.8. The number of halogens is 1. The van der Waals surface area contributed by atoms with Crippen molar-refractivity contribution < 1.29 is 9.59 Å². The van der Waals surface area contributed by atoms with Crippen LogP contribution in [0.4, 0.5) is 11.4 Å². The molecule has 0 saturated carbocycles. The molecule has 0 spiro atoms. The van der Waals surface area contributed by atoms with E-state index in [1.165, 1.54) is 0 Å². The van der Waals surface area contributed by atoms with E-state index in [0.29, 0.717) is 42.5 Å². The number of carbonyl (C=O) groups is 2. The summed E-state index contributed by atoms with van der Waals surface area (Å²) in [6.07, 6.45) is 6.84. The van der Waals surface area contributed by atoms with Crippen LogP contribution in [0, 0.1) is 19.3 Å². The van der Waals surface area contributed by atoms with Gasteiger partial charge in [0.25, 0.3) is 0 Å². The van der Waals surface area contributed by atoms with Gasteiger partial charge in [-0.3, -0.25) is 9.59 Å². The van der Waals surface area contributed by atoms with Gasteiger partial charge in [0, 0.05) is 13.0 Å². The molecule has 2 aromatic rings. The molecule has 9 nitrogen and oxygen atoms in total. The van der Waals surface area contributed by atoms with E-state index in [4.69, 9.17) is 0 Å². The van der Waals surface area contributed by atoms with Gasteiger partial charge in [-0.1, -0.05) is 0 Å². The summed E-state index contributed by atoms with van der Waals surface area (Å²) in [7, 11) is 0. The summed E-state index contributed by atoms with van der Waals surface area (Å²) >= 11 is 0. The lowest BCUT2D eigenvalue weighted by Gasteiger charge is -2.26. The van der Waals surface area contributed by atoms with Crippen LogP contribution in [0.25, 0.3) is 0 Å². The average Bonchev–Trinajstić information content (AvgIpc) is 3.08. The van der Waals surface area contributed by atoms with Crippen LogP contribution < -0.4 is 16.0 Å². The van der Waals surface area contributed by atoms with Gasteiger partial charge in [-0.2, -0.15) is 0 Å². The molecule has 2 amide bonds. The molecule has 0 aromatic carbocycles. The molecule has 144 valence electrons. The number of rotatable bonds is 5. The first-order valence-electron chi connectivity index (χ1n) is 8.36. The van der Waals surface area contributed by atoms with Crippen LogP contribution in [0.1, 0.15) is 24.5 Å². The number of amides is 2. The summed E-state index contributed by atoms with van der Waals surface area (Å²) in [4.78, 5) is 41.5. The van der Waals surface area contributed by atoms with E-state index in [2.05, 4.69) is 35.9 Å². The molecule has 1 unspecified atom stereocenters. The van der Waals surface area contributed by atoms with Crippen molar-refractivity contribution in [1.29, 1.82) is 0 Å². The third-order valence-corrected chi connectivity index (χ3v) is 4.33. The molecule has 1 fully saturated rings. The normalized spacial score (nSPS) is 18.4. The summed E-state index contributed by atoms with van der Waals surface area (Å²) in [5.41, 5.74) is 0.203. The zero-order valence-corrected chi connectivity index (χ0v) is 16.0. The number of nitrogens with zero attached hydrogens (tertiary/aromatic N) is 4. The van der Waals surface area contributed by atoms with Crippen LogP contribution in [-0.4, -0.2) is 44.8 Å². The van der Waals surface area contributed by atoms with E-state index in [1.807, 2.05) is 0 Å². The first-order chi connectivity index (χ1) is 12.5. The summed E-state index contributed by atoms with van der Waals surface area (Å²) in [6, 6.07) is 0. The fraction of sp³-hybridized carbons (Fsp3) is 0.412. The predicted octanol–water partition coefficient (Wildman–Crippen LogP) is 1.25. The Balaban J connectivity index is 0.00000261. The Morgan fingerprint density at radius 3 is 2.00 bits per heavy atom. The number of anilines is 2. The first kappa shape index (κ1) is 20.7. The topological polar surface area (TPSA) is 122 Å². The number of hydrogen-bond donors (Lipinski definition) is 3. The van der Waals surface area contributed by atoms with Crippen molar-refractivity contribution in [3.63, 3.8) is 0 Å². The number of hydrogen-bond acceptors (Lipinski definition) is 7. The predicted molar refractivity (Wildman–Crippen MR) is 103 cm³/mol. The standard InChI is InChI=1S/C17H21N7O2.ClH/c1-11-19-6-13(7-20-11)23-15(25)5-17(3-4-18-10-17)16(26)24-14-8-21-12(2)22-9-14;/h6-9,18H,3-5,10H2,1-2H3,(H,23,25)(H,24,26);1H. The number of nitrogens with one attached hydrogen (secondary N) is 3. The number of aryl methyl sites for hydroxylation is 2. The SMILES string of the molecule is Cc1ncc(NC(=O)CC2(C(=O)Nc3cnc(C)nc3)CCNC2)cn1.Cl. The zero-order valence-electron chi connectivity index (χ0n) is 15.2. The van der Waals surface area contributed by atoms with E-state index in [-0.39, 0.29) is 30.6 Å². The van der Waals surface area contributed by atoms with Gasteiger partial charge in [-0.15, -0.1) is 12.4 Å². The van der Waals surface area contributed by atoms with Crippen molar-refractivity contribution in [3.05, 3.63) is 36.4 Å². The maximum Gasteiger partial charge on any atom is 0.232 e. The molecule has 27 heavy (non-hydrogen) atoms.